The summed E-state index contributed by atoms with van der Waals surface area (Å²) in [6.45, 7) is 0.000284. The van der Waals surface area contributed by atoms with Gasteiger partial charge in [0.25, 0.3) is 5.91 Å². The minimum absolute atomic E-state index is 0. The van der Waals surface area contributed by atoms with Crippen LogP contribution in [-0.2, 0) is 0 Å². The lowest BCUT2D eigenvalue weighted by molar-refractivity contribution is 0.0927. The predicted molar refractivity (Wildman–Crippen MR) is 91.8 cm³/mol. The zero-order valence-electron chi connectivity index (χ0n) is 13.1. The summed E-state index contributed by atoms with van der Waals surface area (Å²) in [5.41, 5.74) is 5.81. The van der Waals surface area contributed by atoms with E-state index in [1.165, 1.54) is 25.3 Å². The lowest BCUT2D eigenvalue weighted by Gasteiger charge is -2.22. The van der Waals surface area contributed by atoms with Gasteiger partial charge in [-0.25, -0.2) is 4.39 Å². The number of nitrogens with two attached hydrogens (primary N) is 1. The molecule has 1 aromatic rings. The van der Waals surface area contributed by atoms with Crippen LogP contribution in [0.25, 0.3) is 0 Å². The molecule has 1 saturated carbocycles. The van der Waals surface area contributed by atoms with Crippen LogP contribution in [0, 0.1) is 0 Å². The van der Waals surface area contributed by atoms with Crippen molar-refractivity contribution in [2.24, 2.45) is 5.73 Å². The summed E-state index contributed by atoms with van der Waals surface area (Å²) < 4.78 is 18.4. The molecule has 0 bridgehead atoms. The van der Waals surface area contributed by atoms with Gasteiger partial charge >= 0.3 is 0 Å². The number of ether oxygens (including phenoxy) is 1. The number of halogens is 2. The Bertz CT molecular complexity index is 514. The second-order valence-corrected chi connectivity index (χ2v) is 5.51. The van der Waals surface area contributed by atoms with Crippen molar-refractivity contribution in [2.45, 2.75) is 38.1 Å². The van der Waals surface area contributed by atoms with Crippen molar-refractivity contribution >= 4 is 18.3 Å². The Labute approximate surface area is 142 Å². The van der Waals surface area contributed by atoms with Gasteiger partial charge < -0.3 is 15.8 Å². The second-order valence-electron chi connectivity index (χ2n) is 5.51. The normalized spacial score (nSPS) is 15.7. The fourth-order valence-electron chi connectivity index (χ4n) is 2.56. The molecule has 0 atom stereocenters. The molecule has 6 heteroatoms. The Morgan fingerprint density at radius 3 is 2.52 bits per heavy atom. The lowest BCUT2D eigenvalue weighted by atomic mass is 9.95. The van der Waals surface area contributed by atoms with Crippen LogP contribution in [0.2, 0.25) is 0 Å². The quantitative estimate of drug-likeness (QED) is 0.833. The standard InChI is InChI=1S/C17H23FN2O2.ClH/c18-14(10-11-19)12-22-16-8-6-13(7-9-16)17(21)20-15-4-2-1-3-5-15;/h6-10,15H,1-5,11-12,19H2,(H,20,21);1H/b14-10-;. The monoisotopic (exact) mass is 342 g/mol. The van der Waals surface area contributed by atoms with Gasteiger partial charge in [-0.2, -0.15) is 0 Å². The molecule has 1 aromatic carbocycles. The molecule has 0 aliphatic heterocycles. The van der Waals surface area contributed by atoms with E-state index >= 15 is 0 Å². The molecule has 4 nitrogen and oxygen atoms in total. The summed E-state index contributed by atoms with van der Waals surface area (Å²) in [7, 11) is 0. The highest BCUT2D eigenvalue weighted by Crippen LogP contribution is 2.18. The van der Waals surface area contributed by atoms with Crippen LogP contribution in [0.5, 0.6) is 5.75 Å². The highest BCUT2D eigenvalue weighted by molar-refractivity contribution is 5.94. The molecule has 1 fully saturated rings. The van der Waals surface area contributed by atoms with Crippen LogP contribution < -0.4 is 15.8 Å². The summed E-state index contributed by atoms with van der Waals surface area (Å²) in [5, 5.41) is 3.06. The van der Waals surface area contributed by atoms with Gasteiger partial charge in [0.05, 0.1) is 0 Å². The van der Waals surface area contributed by atoms with Crippen LogP contribution in [0.15, 0.2) is 36.2 Å². The first-order valence-corrected chi connectivity index (χ1v) is 7.77. The minimum atomic E-state index is -0.401. The Hall–Kier alpha value is -1.59. The molecule has 1 amide bonds. The third-order valence-electron chi connectivity index (χ3n) is 3.77. The maximum atomic E-state index is 13.1. The van der Waals surface area contributed by atoms with Gasteiger partial charge in [-0.15, -0.1) is 12.4 Å². The van der Waals surface area contributed by atoms with Gasteiger partial charge in [-0.05, 0) is 43.2 Å². The number of nitrogens with one attached hydrogen (secondary N) is 1. The molecular formula is C17H24ClFN2O2. The van der Waals surface area contributed by atoms with Crippen LogP contribution >= 0.6 is 12.4 Å². The van der Waals surface area contributed by atoms with Gasteiger partial charge in [0, 0.05) is 18.2 Å². The van der Waals surface area contributed by atoms with E-state index in [1.807, 2.05) is 0 Å². The molecule has 0 spiro atoms. The third-order valence-corrected chi connectivity index (χ3v) is 3.77. The summed E-state index contributed by atoms with van der Waals surface area (Å²) in [6.07, 6.45) is 7.00. The number of carbonyl (C=O) groups excluding carboxylic acids is 1. The molecule has 0 unspecified atom stereocenters. The Kier molecular flexibility index (Phi) is 8.66. The molecule has 0 radical (unpaired) electrons. The highest BCUT2D eigenvalue weighted by atomic mass is 35.5. The fraction of sp³-hybridized carbons (Fsp3) is 0.471. The molecule has 23 heavy (non-hydrogen) atoms. The highest BCUT2D eigenvalue weighted by Gasteiger charge is 2.16. The van der Waals surface area contributed by atoms with Gasteiger partial charge in [0.2, 0.25) is 0 Å². The van der Waals surface area contributed by atoms with E-state index in [1.54, 1.807) is 24.3 Å². The van der Waals surface area contributed by atoms with Crippen LogP contribution in [0.4, 0.5) is 4.39 Å². The van der Waals surface area contributed by atoms with Gasteiger partial charge in [-0.1, -0.05) is 19.3 Å². The second kappa shape index (κ2) is 10.2. The number of hydrogen-bond acceptors (Lipinski definition) is 3. The molecule has 1 aliphatic carbocycles. The van der Waals surface area contributed by atoms with Crippen molar-refractivity contribution in [1.82, 2.24) is 5.32 Å². The molecule has 0 heterocycles. The number of benzene rings is 1. The number of amides is 1. The predicted octanol–water partition coefficient (Wildman–Crippen LogP) is 3.36. The van der Waals surface area contributed by atoms with E-state index < -0.39 is 5.83 Å². The molecule has 0 saturated heterocycles. The summed E-state index contributed by atoms with van der Waals surface area (Å²) >= 11 is 0. The largest absolute Gasteiger partial charge is 0.487 e. The lowest BCUT2D eigenvalue weighted by Crippen LogP contribution is -2.36. The topological polar surface area (TPSA) is 64.3 Å². The number of carbonyl (C=O) groups is 1. The third kappa shape index (κ3) is 6.59. The Balaban J connectivity index is 0.00000264. The van der Waals surface area contributed by atoms with Gasteiger partial charge in [0.15, 0.2) is 0 Å². The van der Waals surface area contributed by atoms with Crippen molar-refractivity contribution < 1.29 is 13.9 Å². The van der Waals surface area contributed by atoms with Crippen LogP contribution in [0.1, 0.15) is 42.5 Å². The summed E-state index contributed by atoms with van der Waals surface area (Å²) in [6, 6.07) is 7.01. The van der Waals surface area contributed by atoms with E-state index in [2.05, 4.69) is 5.32 Å². The smallest absolute Gasteiger partial charge is 0.251 e. The first-order chi connectivity index (χ1) is 10.7. The fourth-order valence-corrected chi connectivity index (χ4v) is 2.56. The zero-order chi connectivity index (χ0) is 15.8. The number of hydrogen-bond donors (Lipinski definition) is 2. The van der Waals surface area contributed by atoms with E-state index in [0.29, 0.717) is 11.3 Å². The van der Waals surface area contributed by atoms with Gasteiger partial charge in [0.1, 0.15) is 18.2 Å². The average molecular weight is 343 g/mol. The van der Waals surface area contributed by atoms with E-state index in [9.17, 15) is 9.18 Å². The van der Waals surface area contributed by atoms with Crippen LogP contribution in [-0.4, -0.2) is 25.1 Å². The maximum absolute atomic E-state index is 13.1. The van der Waals surface area contributed by atoms with Crippen molar-refractivity contribution in [3.8, 4) is 5.75 Å². The van der Waals surface area contributed by atoms with Crippen LogP contribution in [0.3, 0.4) is 0 Å². The summed E-state index contributed by atoms with van der Waals surface area (Å²) in [5.74, 6) is 0.0593. The SMILES string of the molecule is Cl.NC/C=C(\F)COc1ccc(C(=O)NC2CCCCC2)cc1. The van der Waals surface area contributed by atoms with Crippen molar-refractivity contribution in [1.29, 1.82) is 0 Å². The molecule has 2 rings (SSSR count). The Morgan fingerprint density at radius 1 is 1.26 bits per heavy atom. The molecule has 0 aromatic heterocycles. The molecule has 1 aliphatic rings. The van der Waals surface area contributed by atoms with Crippen molar-refractivity contribution in [3.05, 3.63) is 41.7 Å². The van der Waals surface area contributed by atoms with E-state index in [-0.39, 0.29) is 37.5 Å². The minimum Gasteiger partial charge on any atom is -0.487 e. The maximum Gasteiger partial charge on any atom is 0.251 e. The zero-order valence-corrected chi connectivity index (χ0v) is 13.9. The average Bonchev–Trinajstić information content (AvgIpc) is 2.54. The Morgan fingerprint density at radius 2 is 1.91 bits per heavy atom. The van der Waals surface area contributed by atoms with Crippen molar-refractivity contribution in [2.75, 3.05) is 13.2 Å². The van der Waals surface area contributed by atoms with E-state index in [0.717, 1.165) is 12.8 Å². The molecule has 3 N–H and O–H groups in total. The first-order valence-electron chi connectivity index (χ1n) is 7.77. The van der Waals surface area contributed by atoms with E-state index in [4.69, 9.17) is 10.5 Å². The molecular weight excluding hydrogens is 319 g/mol. The van der Waals surface area contributed by atoms with Gasteiger partial charge in [-0.3, -0.25) is 4.79 Å². The molecule has 128 valence electrons. The summed E-state index contributed by atoms with van der Waals surface area (Å²) in [4.78, 5) is 12.1. The first kappa shape index (κ1) is 19.5. The number of rotatable bonds is 6. The van der Waals surface area contributed by atoms with Crippen molar-refractivity contribution in [3.63, 3.8) is 0 Å².